The van der Waals surface area contributed by atoms with Crippen LogP contribution in [0.4, 0.5) is 0 Å². The molecule has 2 saturated heterocycles. The van der Waals surface area contributed by atoms with E-state index in [1.165, 1.54) is 5.57 Å². The third kappa shape index (κ3) is 7.29. The van der Waals surface area contributed by atoms with Crippen LogP contribution in [-0.4, -0.2) is 31.5 Å². The summed E-state index contributed by atoms with van der Waals surface area (Å²) in [7, 11) is -1.00. The molecule has 0 aromatic heterocycles. The van der Waals surface area contributed by atoms with E-state index in [1.807, 2.05) is 0 Å². The Morgan fingerprint density at radius 2 is 1.72 bits per heavy atom. The second-order valence-corrected chi connectivity index (χ2v) is 15.4. The minimum atomic E-state index is -1.00. The van der Waals surface area contributed by atoms with Gasteiger partial charge in [-0.1, -0.05) is 31.3 Å². The Labute approximate surface area is 156 Å². The van der Waals surface area contributed by atoms with Gasteiger partial charge in [0.05, 0.1) is 31.5 Å². The molecule has 0 spiro atoms. The molecule has 2 heterocycles. The molecule has 142 valence electrons. The van der Waals surface area contributed by atoms with Gasteiger partial charge in [-0.15, -0.1) is 11.8 Å². The smallest absolute Gasteiger partial charge is 0.0921 e. The van der Waals surface area contributed by atoms with Crippen molar-refractivity contribution >= 4 is 8.07 Å². The number of rotatable bonds is 9. The van der Waals surface area contributed by atoms with E-state index >= 15 is 0 Å². The summed E-state index contributed by atoms with van der Waals surface area (Å²) in [5, 5.41) is 0. The Kier molecular flexibility index (Phi) is 6.63. The van der Waals surface area contributed by atoms with Crippen LogP contribution in [0.2, 0.25) is 25.7 Å². The first-order valence-electron chi connectivity index (χ1n) is 9.99. The number of hydrogen-bond donors (Lipinski definition) is 0. The summed E-state index contributed by atoms with van der Waals surface area (Å²) >= 11 is 0. The zero-order valence-corrected chi connectivity index (χ0v) is 18.5. The van der Waals surface area contributed by atoms with Gasteiger partial charge in [-0.2, -0.15) is 0 Å². The van der Waals surface area contributed by atoms with Crippen molar-refractivity contribution in [2.75, 3.05) is 0 Å². The lowest BCUT2D eigenvalue weighted by Crippen LogP contribution is -2.17. The van der Waals surface area contributed by atoms with E-state index in [2.05, 4.69) is 65.3 Å². The Balaban J connectivity index is 1.57. The van der Waals surface area contributed by atoms with E-state index in [0.717, 1.165) is 44.6 Å². The Hall–Kier alpha value is -0.563. The summed E-state index contributed by atoms with van der Waals surface area (Å²) in [4.78, 5) is 0. The number of unbranched alkanes of at least 4 members (excludes halogenated alkanes) is 1. The fourth-order valence-electron chi connectivity index (χ4n) is 3.30. The van der Waals surface area contributed by atoms with Crippen molar-refractivity contribution < 1.29 is 9.47 Å². The van der Waals surface area contributed by atoms with Gasteiger partial charge < -0.3 is 9.47 Å². The summed E-state index contributed by atoms with van der Waals surface area (Å²) in [6.07, 6.45) is 9.88. The molecule has 0 aliphatic carbocycles. The molecule has 2 fully saturated rings. The van der Waals surface area contributed by atoms with E-state index in [9.17, 15) is 0 Å². The fraction of sp³-hybridized carbons (Fsp3) is 0.818. The van der Waals surface area contributed by atoms with E-state index in [4.69, 9.17) is 9.47 Å². The van der Waals surface area contributed by atoms with Crippen LogP contribution < -0.4 is 0 Å². The highest BCUT2D eigenvalue weighted by Crippen LogP contribution is 2.47. The second-order valence-electron chi connectivity index (χ2n) is 9.89. The zero-order chi connectivity index (χ0) is 18.7. The van der Waals surface area contributed by atoms with Gasteiger partial charge in [0.15, 0.2) is 0 Å². The molecule has 0 N–H and O–H groups in total. The molecule has 0 amide bonds. The number of allylic oxidation sites excluding steroid dienone is 2. The van der Waals surface area contributed by atoms with Crippen LogP contribution in [0.1, 0.15) is 66.2 Å². The Morgan fingerprint density at radius 1 is 1.04 bits per heavy atom. The molecule has 2 nitrogen and oxygen atoms in total. The molecule has 0 aromatic carbocycles. The lowest BCUT2D eigenvalue weighted by atomic mass is 9.94. The highest BCUT2D eigenvalue weighted by atomic mass is 28.3. The minimum absolute atomic E-state index is 0.102. The molecule has 2 rings (SSSR count). The first-order chi connectivity index (χ1) is 11.5. The molecule has 0 saturated carbocycles. The standard InChI is InChI=1S/C22H38O2Si/c1-18(12-10-8-9-11-17-25(5,6)7)13-14-20-22(4,24-20)16-15-19-21(2,3)23-19/h12,19-20H,8,10,13-17H2,1-7H3/b18-12+/t19-,20+,22+/m0/s1. The molecule has 2 aliphatic heterocycles. The summed E-state index contributed by atoms with van der Waals surface area (Å²) < 4.78 is 11.7. The molecular weight excluding hydrogens is 324 g/mol. The van der Waals surface area contributed by atoms with Crippen LogP contribution in [0.15, 0.2) is 11.6 Å². The van der Waals surface area contributed by atoms with Crippen LogP contribution >= 0.6 is 0 Å². The van der Waals surface area contributed by atoms with Crippen LogP contribution in [0.3, 0.4) is 0 Å². The maximum absolute atomic E-state index is 5.99. The molecule has 0 aromatic rings. The SMILES string of the molecule is C/C(=C\CCC#CC[Si](C)(C)C)CC[C@H]1O[C@]1(C)CC[C@@H]1OC1(C)C. The third-order valence-electron chi connectivity index (χ3n) is 5.41. The summed E-state index contributed by atoms with van der Waals surface area (Å²) in [6.45, 7) is 16.0. The zero-order valence-electron chi connectivity index (χ0n) is 17.5. The predicted molar refractivity (Wildman–Crippen MR) is 110 cm³/mol. The van der Waals surface area contributed by atoms with Crippen molar-refractivity contribution in [2.45, 2.75) is 115 Å². The topological polar surface area (TPSA) is 25.1 Å². The van der Waals surface area contributed by atoms with Gasteiger partial charge >= 0.3 is 0 Å². The second kappa shape index (κ2) is 7.99. The highest BCUT2D eigenvalue weighted by Gasteiger charge is 2.54. The summed E-state index contributed by atoms with van der Waals surface area (Å²) in [5.41, 5.74) is 1.69. The maximum atomic E-state index is 5.99. The van der Waals surface area contributed by atoms with Crippen molar-refractivity contribution in [3.63, 3.8) is 0 Å². The minimum Gasteiger partial charge on any atom is -0.367 e. The molecule has 0 unspecified atom stereocenters. The van der Waals surface area contributed by atoms with Gasteiger partial charge in [-0.25, -0.2) is 0 Å². The summed E-state index contributed by atoms with van der Waals surface area (Å²) in [5.74, 6) is 6.69. The highest BCUT2D eigenvalue weighted by molar-refractivity contribution is 6.76. The van der Waals surface area contributed by atoms with Gasteiger partial charge in [0.2, 0.25) is 0 Å². The van der Waals surface area contributed by atoms with E-state index < -0.39 is 8.07 Å². The van der Waals surface area contributed by atoms with Crippen molar-refractivity contribution in [2.24, 2.45) is 0 Å². The lowest BCUT2D eigenvalue weighted by molar-refractivity contribution is 0.274. The molecule has 0 bridgehead atoms. The molecule has 25 heavy (non-hydrogen) atoms. The van der Waals surface area contributed by atoms with Crippen LogP contribution in [-0.2, 0) is 9.47 Å². The van der Waals surface area contributed by atoms with Gasteiger partial charge in [0.25, 0.3) is 0 Å². The predicted octanol–water partition coefficient (Wildman–Crippen LogP) is 5.95. The van der Waals surface area contributed by atoms with Gasteiger partial charge in [-0.3, -0.25) is 0 Å². The van der Waals surface area contributed by atoms with Gasteiger partial charge in [0, 0.05) is 12.5 Å². The Morgan fingerprint density at radius 3 is 2.32 bits per heavy atom. The van der Waals surface area contributed by atoms with Crippen molar-refractivity contribution in [3.05, 3.63) is 11.6 Å². The molecule has 3 heteroatoms. The van der Waals surface area contributed by atoms with E-state index in [0.29, 0.717) is 12.2 Å². The molecule has 3 atom stereocenters. The maximum Gasteiger partial charge on any atom is 0.0921 e. The van der Waals surface area contributed by atoms with E-state index in [-0.39, 0.29) is 11.2 Å². The number of epoxide rings is 2. The first kappa shape index (κ1) is 20.7. The fourth-order valence-corrected chi connectivity index (χ4v) is 3.95. The number of hydrogen-bond acceptors (Lipinski definition) is 2. The quantitative estimate of drug-likeness (QED) is 0.166. The van der Waals surface area contributed by atoms with Gasteiger partial charge in [0.1, 0.15) is 0 Å². The largest absolute Gasteiger partial charge is 0.367 e. The number of ether oxygens (including phenoxy) is 2. The van der Waals surface area contributed by atoms with Crippen LogP contribution in [0.5, 0.6) is 0 Å². The molecule has 2 aliphatic rings. The molecular formula is C22H38O2Si. The van der Waals surface area contributed by atoms with Crippen LogP contribution in [0, 0.1) is 11.8 Å². The van der Waals surface area contributed by atoms with Crippen molar-refractivity contribution in [1.82, 2.24) is 0 Å². The normalized spacial score (nSPS) is 30.6. The van der Waals surface area contributed by atoms with Gasteiger partial charge in [-0.05, 0) is 59.8 Å². The van der Waals surface area contributed by atoms with Crippen LogP contribution in [0.25, 0.3) is 0 Å². The Bertz CT molecular complexity index is 547. The monoisotopic (exact) mass is 362 g/mol. The molecule has 0 radical (unpaired) electrons. The lowest BCUT2D eigenvalue weighted by Gasteiger charge is -2.09. The first-order valence-corrected chi connectivity index (χ1v) is 13.7. The van der Waals surface area contributed by atoms with Crippen molar-refractivity contribution in [3.8, 4) is 11.8 Å². The van der Waals surface area contributed by atoms with E-state index in [1.54, 1.807) is 0 Å². The third-order valence-corrected chi connectivity index (χ3v) is 6.65. The average molecular weight is 363 g/mol. The van der Waals surface area contributed by atoms with Crippen molar-refractivity contribution in [1.29, 1.82) is 0 Å². The average Bonchev–Trinajstić information content (AvgIpc) is 3.33. The summed E-state index contributed by atoms with van der Waals surface area (Å²) in [6, 6.07) is 1.12.